The van der Waals surface area contributed by atoms with Crippen LogP contribution in [0.1, 0.15) is 6.42 Å². The number of halogens is 1. The summed E-state index contributed by atoms with van der Waals surface area (Å²) in [6.07, 6.45) is 0.996. The van der Waals surface area contributed by atoms with Crippen molar-refractivity contribution in [1.82, 2.24) is 0 Å². The second-order valence-electron chi connectivity index (χ2n) is 6.42. The summed E-state index contributed by atoms with van der Waals surface area (Å²) in [5.74, 6) is -0.551. The highest BCUT2D eigenvalue weighted by Crippen LogP contribution is 2.29. The zero-order valence-electron chi connectivity index (χ0n) is 15.8. The summed E-state index contributed by atoms with van der Waals surface area (Å²) in [7, 11) is -3.50. The van der Waals surface area contributed by atoms with E-state index in [9.17, 15) is 17.6 Å². The summed E-state index contributed by atoms with van der Waals surface area (Å²) in [5.41, 5.74) is 1.72. The predicted octanol–water partition coefficient (Wildman–Crippen LogP) is 4.30. The first kappa shape index (κ1) is 20.5. The molecule has 1 amide bonds. The summed E-state index contributed by atoms with van der Waals surface area (Å²) < 4.78 is 42.9. The zero-order chi connectivity index (χ0) is 20.9. The highest BCUT2D eigenvalue weighted by atomic mass is 32.2. The van der Waals surface area contributed by atoms with Crippen LogP contribution in [0.4, 0.5) is 10.1 Å². The lowest BCUT2D eigenvalue weighted by atomic mass is 10.1. The van der Waals surface area contributed by atoms with Crippen LogP contribution in [0.5, 0.6) is 5.75 Å². The minimum atomic E-state index is -3.50. The highest BCUT2D eigenvalue weighted by molar-refractivity contribution is 7.90. The summed E-state index contributed by atoms with van der Waals surface area (Å²) in [6.45, 7) is 0.0864. The molecule has 0 fully saturated rings. The Bertz CT molecular complexity index is 1110. The van der Waals surface area contributed by atoms with Crippen LogP contribution in [0.25, 0.3) is 11.1 Å². The Morgan fingerprint density at radius 1 is 1.00 bits per heavy atom. The molecule has 1 N–H and O–H groups in total. The van der Waals surface area contributed by atoms with Gasteiger partial charge in [-0.25, -0.2) is 12.8 Å². The van der Waals surface area contributed by atoms with Crippen molar-refractivity contribution >= 4 is 21.4 Å². The zero-order valence-corrected chi connectivity index (χ0v) is 16.6. The van der Waals surface area contributed by atoms with Crippen LogP contribution in [0.15, 0.2) is 77.7 Å². The van der Waals surface area contributed by atoms with E-state index < -0.39 is 21.6 Å². The number of ether oxygens (including phenoxy) is 1. The van der Waals surface area contributed by atoms with Crippen LogP contribution >= 0.6 is 0 Å². The van der Waals surface area contributed by atoms with E-state index >= 15 is 0 Å². The van der Waals surface area contributed by atoms with Crippen molar-refractivity contribution in [3.05, 3.63) is 78.6 Å². The van der Waals surface area contributed by atoms with Gasteiger partial charge in [-0.05, 0) is 29.8 Å². The minimum Gasteiger partial charge on any atom is -0.492 e. The van der Waals surface area contributed by atoms with E-state index in [1.54, 1.807) is 0 Å². The van der Waals surface area contributed by atoms with E-state index in [-0.39, 0.29) is 23.6 Å². The van der Waals surface area contributed by atoms with E-state index in [4.69, 9.17) is 4.74 Å². The largest absolute Gasteiger partial charge is 0.492 e. The molecule has 0 aliphatic heterocycles. The Balaban J connectivity index is 1.63. The lowest BCUT2D eigenvalue weighted by molar-refractivity contribution is -0.116. The van der Waals surface area contributed by atoms with Crippen LogP contribution in [-0.2, 0) is 14.6 Å². The Morgan fingerprint density at radius 2 is 1.69 bits per heavy atom. The molecular weight excluding hydrogens is 393 g/mol. The second kappa shape index (κ2) is 8.87. The van der Waals surface area contributed by atoms with Crippen molar-refractivity contribution in [2.24, 2.45) is 0 Å². The SMILES string of the molecule is CS(=O)(=O)c1ccc(F)c(NC(=O)CCOc2ccccc2-c2ccccc2)c1. The summed E-state index contributed by atoms with van der Waals surface area (Å²) in [5, 5.41) is 2.40. The van der Waals surface area contributed by atoms with Crippen molar-refractivity contribution in [2.75, 3.05) is 18.2 Å². The number of amides is 1. The Kier molecular flexibility index (Phi) is 6.29. The van der Waals surface area contributed by atoms with Gasteiger partial charge in [-0.3, -0.25) is 4.79 Å². The number of para-hydroxylation sites is 1. The van der Waals surface area contributed by atoms with E-state index in [1.807, 2.05) is 54.6 Å². The second-order valence-corrected chi connectivity index (χ2v) is 8.44. The van der Waals surface area contributed by atoms with Crippen LogP contribution in [0, 0.1) is 5.82 Å². The number of anilines is 1. The number of benzene rings is 3. The monoisotopic (exact) mass is 413 g/mol. The maximum Gasteiger partial charge on any atom is 0.227 e. The van der Waals surface area contributed by atoms with Crippen molar-refractivity contribution in [1.29, 1.82) is 0 Å². The molecule has 0 aliphatic rings. The van der Waals surface area contributed by atoms with Crippen LogP contribution in [0.2, 0.25) is 0 Å². The van der Waals surface area contributed by atoms with Gasteiger partial charge < -0.3 is 10.1 Å². The lowest BCUT2D eigenvalue weighted by Gasteiger charge is -2.12. The molecule has 0 spiro atoms. The van der Waals surface area contributed by atoms with Crippen molar-refractivity contribution in [2.45, 2.75) is 11.3 Å². The third kappa shape index (κ3) is 5.42. The standard InChI is InChI=1S/C22H20FNO4S/c1-29(26,27)17-11-12-19(23)20(15-17)24-22(25)13-14-28-21-10-6-5-9-18(21)16-7-3-2-4-8-16/h2-12,15H,13-14H2,1H3,(H,24,25). The summed E-state index contributed by atoms with van der Waals surface area (Å²) >= 11 is 0. The molecule has 0 atom stereocenters. The first-order chi connectivity index (χ1) is 13.8. The fourth-order valence-corrected chi connectivity index (χ4v) is 3.39. The fourth-order valence-electron chi connectivity index (χ4n) is 2.75. The highest BCUT2D eigenvalue weighted by Gasteiger charge is 2.13. The van der Waals surface area contributed by atoms with Crippen LogP contribution in [-0.4, -0.2) is 27.2 Å². The molecule has 0 saturated heterocycles. The topological polar surface area (TPSA) is 72.5 Å². The van der Waals surface area contributed by atoms with Gasteiger partial charge in [0.1, 0.15) is 11.6 Å². The maximum absolute atomic E-state index is 13.9. The molecule has 0 heterocycles. The number of carbonyl (C=O) groups excluding carboxylic acids is 1. The molecule has 0 saturated carbocycles. The van der Waals surface area contributed by atoms with Crippen molar-refractivity contribution < 1.29 is 22.3 Å². The normalized spacial score (nSPS) is 11.1. The molecule has 3 aromatic carbocycles. The molecule has 0 aromatic heterocycles. The van der Waals surface area contributed by atoms with Gasteiger partial charge in [-0.15, -0.1) is 0 Å². The fraction of sp³-hybridized carbons (Fsp3) is 0.136. The number of nitrogens with one attached hydrogen (secondary N) is 1. The molecule has 3 aromatic rings. The number of rotatable bonds is 7. The van der Waals surface area contributed by atoms with Crippen LogP contribution in [0.3, 0.4) is 0 Å². The number of carbonyl (C=O) groups is 1. The van der Waals surface area contributed by atoms with Gasteiger partial charge in [-0.1, -0.05) is 48.5 Å². The molecule has 150 valence electrons. The smallest absolute Gasteiger partial charge is 0.227 e. The molecular formula is C22H20FNO4S. The number of hydrogen-bond acceptors (Lipinski definition) is 4. The average molecular weight is 413 g/mol. The van der Waals surface area contributed by atoms with E-state index in [1.165, 1.54) is 0 Å². The Hall–Kier alpha value is -3.19. The molecule has 0 bridgehead atoms. The van der Waals surface area contributed by atoms with Gasteiger partial charge in [0, 0.05) is 11.8 Å². The Morgan fingerprint density at radius 3 is 2.41 bits per heavy atom. The van der Waals surface area contributed by atoms with Gasteiger partial charge in [-0.2, -0.15) is 0 Å². The molecule has 5 nitrogen and oxygen atoms in total. The van der Waals surface area contributed by atoms with Crippen molar-refractivity contribution in [3.8, 4) is 16.9 Å². The quantitative estimate of drug-likeness (QED) is 0.586. The van der Waals surface area contributed by atoms with E-state index in [0.29, 0.717) is 5.75 Å². The van der Waals surface area contributed by atoms with Gasteiger partial charge in [0.15, 0.2) is 9.84 Å². The first-order valence-corrected chi connectivity index (χ1v) is 10.8. The van der Waals surface area contributed by atoms with Gasteiger partial charge in [0.2, 0.25) is 5.91 Å². The Labute approximate surface area is 169 Å². The first-order valence-electron chi connectivity index (χ1n) is 8.91. The van der Waals surface area contributed by atoms with E-state index in [2.05, 4.69) is 5.32 Å². The molecule has 3 rings (SSSR count). The van der Waals surface area contributed by atoms with Gasteiger partial charge >= 0.3 is 0 Å². The summed E-state index contributed by atoms with van der Waals surface area (Å²) in [4.78, 5) is 12.1. The third-order valence-electron chi connectivity index (χ3n) is 4.20. The lowest BCUT2D eigenvalue weighted by Crippen LogP contribution is -2.16. The summed E-state index contributed by atoms with van der Waals surface area (Å²) in [6, 6.07) is 20.5. The maximum atomic E-state index is 13.9. The van der Waals surface area contributed by atoms with Crippen molar-refractivity contribution in [3.63, 3.8) is 0 Å². The average Bonchev–Trinajstić information content (AvgIpc) is 2.70. The molecule has 29 heavy (non-hydrogen) atoms. The van der Waals surface area contributed by atoms with Crippen LogP contribution < -0.4 is 10.1 Å². The molecule has 0 radical (unpaired) electrons. The minimum absolute atomic E-state index is 0.0222. The number of hydrogen-bond donors (Lipinski definition) is 1. The van der Waals surface area contributed by atoms with Gasteiger partial charge in [0.25, 0.3) is 0 Å². The predicted molar refractivity (Wildman–Crippen MR) is 110 cm³/mol. The van der Waals surface area contributed by atoms with E-state index in [0.717, 1.165) is 35.6 Å². The molecule has 0 unspecified atom stereocenters. The van der Waals surface area contributed by atoms with Gasteiger partial charge in [0.05, 0.1) is 23.6 Å². The molecule has 7 heteroatoms. The number of sulfone groups is 1. The molecule has 0 aliphatic carbocycles. The third-order valence-corrected chi connectivity index (χ3v) is 5.31.